The number of fused-ring (bicyclic) bond motifs is 3. The van der Waals surface area contributed by atoms with Gasteiger partial charge < -0.3 is 0 Å². The van der Waals surface area contributed by atoms with Gasteiger partial charge in [-0.05, 0) is 28.7 Å². The monoisotopic (exact) mass is 368 g/mol. The third-order valence-corrected chi connectivity index (χ3v) is 2.71. The van der Waals surface area contributed by atoms with Crippen LogP contribution >= 0.6 is 0 Å². The summed E-state index contributed by atoms with van der Waals surface area (Å²) in [7, 11) is 0. The zero-order valence-corrected chi connectivity index (χ0v) is 13.5. The van der Waals surface area contributed by atoms with E-state index in [1.54, 1.807) is 0 Å². The summed E-state index contributed by atoms with van der Waals surface area (Å²) < 4.78 is 0. The SMILES string of the molecule is [Hg].c1ccc2c(c1)Cc1ccccc1-2. The van der Waals surface area contributed by atoms with E-state index < -0.39 is 0 Å². The van der Waals surface area contributed by atoms with Gasteiger partial charge in [-0.3, -0.25) is 0 Å². The van der Waals surface area contributed by atoms with Gasteiger partial charge in [0.05, 0.1) is 0 Å². The van der Waals surface area contributed by atoms with Crippen LogP contribution in [-0.2, 0) is 34.1 Å². The van der Waals surface area contributed by atoms with E-state index in [0.717, 1.165) is 6.42 Å². The topological polar surface area (TPSA) is 0 Å². The second-order valence-electron chi connectivity index (χ2n) is 3.49. The van der Waals surface area contributed by atoms with Crippen LogP contribution in [0.15, 0.2) is 48.5 Å². The molecule has 0 fully saturated rings. The molecule has 0 spiro atoms. The van der Waals surface area contributed by atoms with Crippen LogP contribution in [0.3, 0.4) is 0 Å². The maximum atomic E-state index is 2.22. The van der Waals surface area contributed by atoms with Crippen LogP contribution in [0, 0.1) is 0 Å². The zero-order chi connectivity index (χ0) is 8.67. The average molecular weight is 367 g/mol. The molecule has 1 aliphatic rings. The summed E-state index contributed by atoms with van der Waals surface area (Å²) in [5.74, 6) is 0. The molecule has 1 aliphatic carbocycles. The van der Waals surface area contributed by atoms with E-state index in [-0.39, 0.29) is 27.7 Å². The maximum absolute atomic E-state index is 2.22. The molecule has 0 aromatic heterocycles. The van der Waals surface area contributed by atoms with E-state index in [0.29, 0.717) is 0 Å². The minimum absolute atomic E-state index is 0. The zero-order valence-electron chi connectivity index (χ0n) is 8.03. The Morgan fingerprint density at radius 3 is 1.57 bits per heavy atom. The predicted molar refractivity (Wildman–Crippen MR) is 54.7 cm³/mol. The summed E-state index contributed by atoms with van der Waals surface area (Å²) in [5.41, 5.74) is 5.75. The normalized spacial score (nSPS) is 11.4. The molecular weight excluding hydrogens is 357 g/mol. The van der Waals surface area contributed by atoms with Crippen LogP contribution in [-0.4, -0.2) is 0 Å². The van der Waals surface area contributed by atoms with Crippen LogP contribution in [0.25, 0.3) is 11.1 Å². The summed E-state index contributed by atoms with van der Waals surface area (Å²) in [6, 6.07) is 17.3. The molecule has 0 atom stereocenters. The Kier molecular flexibility index (Phi) is 2.73. The van der Waals surface area contributed by atoms with E-state index >= 15 is 0 Å². The third kappa shape index (κ3) is 1.42. The molecule has 14 heavy (non-hydrogen) atoms. The van der Waals surface area contributed by atoms with Crippen molar-refractivity contribution in [3.63, 3.8) is 0 Å². The summed E-state index contributed by atoms with van der Waals surface area (Å²) >= 11 is 0. The Bertz CT molecular complexity index is 417. The Morgan fingerprint density at radius 2 is 1.07 bits per heavy atom. The summed E-state index contributed by atoms with van der Waals surface area (Å²) in [6.07, 6.45) is 1.10. The van der Waals surface area contributed by atoms with Crippen molar-refractivity contribution in [3.05, 3.63) is 59.7 Å². The first kappa shape index (κ1) is 9.91. The van der Waals surface area contributed by atoms with Crippen molar-refractivity contribution < 1.29 is 27.7 Å². The van der Waals surface area contributed by atoms with Crippen molar-refractivity contribution in [2.75, 3.05) is 0 Å². The standard InChI is InChI=1S/C13H10.Hg/c1-3-7-12-10(5-1)9-11-6-2-4-8-13(11)12;/h1-8H,9H2;. The van der Waals surface area contributed by atoms with E-state index in [1.807, 2.05) is 0 Å². The fourth-order valence-corrected chi connectivity index (χ4v) is 2.08. The smallest absolute Gasteiger partial charge is 0 e. The van der Waals surface area contributed by atoms with Crippen molar-refractivity contribution in [3.8, 4) is 11.1 Å². The molecule has 0 aliphatic heterocycles. The Labute approximate surface area is 104 Å². The molecular formula is C13H10Hg. The molecule has 64 valence electrons. The largest absolute Gasteiger partial charge is 0.0619 e. The minimum Gasteiger partial charge on any atom is -0.0619 e. The minimum atomic E-state index is 0. The third-order valence-electron chi connectivity index (χ3n) is 2.71. The first-order chi connectivity index (χ1) is 6.45. The van der Waals surface area contributed by atoms with Gasteiger partial charge in [0.2, 0.25) is 0 Å². The molecule has 3 rings (SSSR count). The molecule has 0 radical (unpaired) electrons. The van der Waals surface area contributed by atoms with Crippen LogP contribution < -0.4 is 0 Å². The molecule has 0 unspecified atom stereocenters. The molecule has 0 bridgehead atoms. The van der Waals surface area contributed by atoms with Gasteiger partial charge in [-0.15, -0.1) is 0 Å². The average Bonchev–Trinajstić information content (AvgIpc) is 2.56. The van der Waals surface area contributed by atoms with Crippen molar-refractivity contribution in [2.24, 2.45) is 0 Å². The summed E-state index contributed by atoms with van der Waals surface area (Å²) in [4.78, 5) is 0. The van der Waals surface area contributed by atoms with Crippen LogP contribution in [0.1, 0.15) is 11.1 Å². The predicted octanol–water partition coefficient (Wildman–Crippen LogP) is 3.26. The molecule has 0 nitrogen and oxygen atoms in total. The van der Waals surface area contributed by atoms with E-state index in [9.17, 15) is 0 Å². The quantitative estimate of drug-likeness (QED) is 0.536. The molecule has 0 saturated carbocycles. The van der Waals surface area contributed by atoms with E-state index in [2.05, 4.69) is 48.5 Å². The molecule has 0 saturated heterocycles. The van der Waals surface area contributed by atoms with Gasteiger partial charge in [0, 0.05) is 27.7 Å². The Balaban J connectivity index is 0.000000750. The van der Waals surface area contributed by atoms with Gasteiger partial charge in [0.25, 0.3) is 0 Å². The number of hydrogen-bond donors (Lipinski definition) is 0. The van der Waals surface area contributed by atoms with E-state index in [4.69, 9.17) is 0 Å². The number of benzene rings is 2. The maximum Gasteiger partial charge on any atom is 0 e. The molecule has 2 aromatic carbocycles. The van der Waals surface area contributed by atoms with Gasteiger partial charge >= 0.3 is 0 Å². The number of hydrogen-bond acceptors (Lipinski definition) is 0. The summed E-state index contributed by atoms with van der Waals surface area (Å²) in [5, 5.41) is 0. The summed E-state index contributed by atoms with van der Waals surface area (Å²) in [6.45, 7) is 0. The van der Waals surface area contributed by atoms with Gasteiger partial charge in [-0.25, -0.2) is 0 Å². The van der Waals surface area contributed by atoms with Gasteiger partial charge in [0.1, 0.15) is 0 Å². The second-order valence-corrected chi connectivity index (χ2v) is 3.49. The molecule has 0 amide bonds. The van der Waals surface area contributed by atoms with Crippen molar-refractivity contribution in [1.29, 1.82) is 0 Å². The van der Waals surface area contributed by atoms with Gasteiger partial charge in [-0.2, -0.15) is 0 Å². The van der Waals surface area contributed by atoms with Crippen LogP contribution in [0.5, 0.6) is 0 Å². The fraction of sp³-hybridized carbons (Fsp3) is 0.0769. The van der Waals surface area contributed by atoms with Gasteiger partial charge in [0.15, 0.2) is 0 Å². The fourth-order valence-electron chi connectivity index (χ4n) is 2.08. The molecule has 0 N–H and O–H groups in total. The van der Waals surface area contributed by atoms with Crippen LogP contribution in [0.2, 0.25) is 0 Å². The molecule has 2 aromatic rings. The number of rotatable bonds is 0. The first-order valence-electron chi connectivity index (χ1n) is 4.61. The first-order valence-corrected chi connectivity index (χ1v) is 4.61. The van der Waals surface area contributed by atoms with Crippen molar-refractivity contribution in [1.82, 2.24) is 0 Å². The Morgan fingerprint density at radius 1 is 0.643 bits per heavy atom. The van der Waals surface area contributed by atoms with Crippen LogP contribution in [0.4, 0.5) is 0 Å². The van der Waals surface area contributed by atoms with Gasteiger partial charge in [-0.1, -0.05) is 48.5 Å². The molecule has 1 heteroatoms. The van der Waals surface area contributed by atoms with E-state index in [1.165, 1.54) is 22.3 Å². The Hall–Kier alpha value is -0.625. The molecule has 0 heterocycles. The second kappa shape index (κ2) is 3.86. The van der Waals surface area contributed by atoms with Crippen molar-refractivity contribution in [2.45, 2.75) is 6.42 Å². The van der Waals surface area contributed by atoms with Crippen molar-refractivity contribution >= 4 is 0 Å².